The quantitative estimate of drug-likeness (QED) is 0.804. The van der Waals surface area contributed by atoms with Crippen LogP contribution < -0.4 is 16.0 Å². The van der Waals surface area contributed by atoms with Crippen LogP contribution in [0.4, 0.5) is 0 Å². The molecule has 130 valence electrons. The van der Waals surface area contributed by atoms with Gasteiger partial charge in [-0.15, -0.1) is 0 Å². The van der Waals surface area contributed by atoms with E-state index >= 15 is 0 Å². The monoisotopic (exact) mass is 390 g/mol. The number of sulfonamides is 1. The molecule has 0 unspecified atom stereocenters. The molecule has 0 atom stereocenters. The van der Waals surface area contributed by atoms with Gasteiger partial charge in [-0.1, -0.05) is 23.2 Å². The van der Waals surface area contributed by atoms with Crippen LogP contribution in [-0.4, -0.2) is 30.3 Å². The third-order valence-corrected chi connectivity index (χ3v) is 5.15. The average molecular weight is 391 g/mol. The van der Waals surface area contributed by atoms with Crippen molar-refractivity contribution >= 4 is 33.2 Å². The number of rotatable bonds is 5. The molecule has 2 aromatic rings. The van der Waals surface area contributed by atoms with Crippen LogP contribution in [0.5, 0.6) is 0 Å². The fourth-order valence-corrected chi connectivity index (χ4v) is 3.20. The van der Waals surface area contributed by atoms with E-state index in [1.807, 2.05) is 0 Å². The van der Waals surface area contributed by atoms with Crippen molar-refractivity contribution < 1.29 is 8.42 Å². The van der Waals surface area contributed by atoms with Gasteiger partial charge in [0, 0.05) is 12.1 Å². The number of halogens is 2. The minimum absolute atomic E-state index is 0.0450. The van der Waals surface area contributed by atoms with E-state index in [2.05, 4.69) is 9.82 Å². The summed E-state index contributed by atoms with van der Waals surface area (Å²) in [6, 6.07) is 5.61. The van der Waals surface area contributed by atoms with E-state index in [1.54, 1.807) is 13.8 Å². The Morgan fingerprint density at radius 3 is 2.38 bits per heavy atom. The van der Waals surface area contributed by atoms with Crippen molar-refractivity contribution in [1.82, 2.24) is 14.5 Å². The highest BCUT2D eigenvalue weighted by Crippen LogP contribution is 2.17. The molecule has 2 rings (SSSR count). The molecule has 1 aromatic carbocycles. The summed E-state index contributed by atoms with van der Waals surface area (Å²) in [4.78, 5) is 12.1. The fraction of sp³-hybridized carbons (Fsp3) is 0.286. The lowest BCUT2D eigenvalue weighted by molar-refractivity contribution is 0.498. The van der Waals surface area contributed by atoms with Gasteiger partial charge in [-0.2, -0.15) is 9.78 Å². The Morgan fingerprint density at radius 1 is 1.25 bits per heavy atom. The zero-order chi connectivity index (χ0) is 18.1. The van der Waals surface area contributed by atoms with E-state index in [0.29, 0.717) is 5.69 Å². The maximum Gasteiger partial charge on any atom is 0.291 e. The van der Waals surface area contributed by atoms with Crippen LogP contribution in [-0.2, 0) is 10.0 Å². The Labute approximate surface area is 149 Å². The van der Waals surface area contributed by atoms with Gasteiger partial charge in [0.2, 0.25) is 10.0 Å². The van der Waals surface area contributed by atoms with Crippen LogP contribution >= 0.6 is 23.2 Å². The predicted octanol–water partition coefficient (Wildman–Crippen LogP) is 1.55. The minimum Gasteiger partial charge on any atom is -0.324 e. The molecule has 0 amide bonds. The van der Waals surface area contributed by atoms with Crippen LogP contribution in [0.3, 0.4) is 0 Å². The van der Waals surface area contributed by atoms with Gasteiger partial charge in [0.05, 0.1) is 21.8 Å². The van der Waals surface area contributed by atoms with E-state index in [9.17, 15) is 13.2 Å². The summed E-state index contributed by atoms with van der Waals surface area (Å²) in [5.74, 6) is 0. The molecule has 0 bridgehead atoms. The summed E-state index contributed by atoms with van der Waals surface area (Å²) in [5, 5.41) is 3.77. The van der Waals surface area contributed by atoms with E-state index in [4.69, 9.17) is 28.9 Å². The van der Waals surface area contributed by atoms with Gasteiger partial charge in [0.1, 0.15) is 5.02 Å². The lowest BCUT2D eigenvalue weighted by Gasteiger charge is -2.19. The van der Waals surface area contributed by atoms with Gasteiger partial charge in [-0.25, -0.2) is 13.1 Å². The first-order chi connectivity index (χ1) is 11.0. The molecule has 0 aliphatic carbocycles. The van der Waals surface area contributed by atoms with Gasteiger partial charge in [-0.05, 0) is 38.1 Å². The highest BCUT2D eigenvalue weighted by molar-refractivity contribution is 7.89. The molecular weight excluding hydrogens is 375 g/mol. The van der Waals surface area contributed by atoms with Gasteiger partial charge in [0.25, 0.3) is 5.56 Å². The summed E-state index contributed by atoms with van der Waals surface area (Å²) in [5.41, 5.74) is 4.85. The fourth-order valence-electron chi connectivity index (χ4n) is 1.73. The highest BCUT2D eigenvalue weighted by atomic mass is 35.5. The van der Waals surface area contributed by atoms with Crippen molar-refractivity contribution in [3.8, 4) is 5.69 Å². The zero-order valence-electron chi connectivity index (χ0n) is 13.0. The highest BCUT2D eigenvalue weighted by Gasteiger charge is 2.19. The molecule has 0 fully saturated rings. The van der Waals surface area contributed by atoms with Crippen LogP contribution in [0.15, 0.2) is 40.2 Å². The standard InChI is InChI=1S/C14H16Cl2N4O3S/c1-14(2,17)8-19-24(22,23)10-5-3-9(4-6-10)20-13(21)12(16)11(15)7-18-20/h3-7,19H,8,17H2,1-2H3. The van der Waals surface area contributed by atoms with Crippen LogP contribution in [0.25, 0.3) is 5.69 Å². The normalized spacial score (nSPS) is 12.4. The number of nitrogens with one attached hydrogen (secondary N) is 1. The summed E-state index contributed by atoms with van der Waals surface area (Å²) in [6.45, 7) is 3.51. The molecule has 3 N–H and O–H groups in total. The second-order valence-corrected chi connectivity index (χ2v) is 8.38. The number of nitrogens with two attached hydrogens (primary N) is 1. The maximum atomic E-state index is 12.2. The molecule has 0 aliphatic rings. The molecule has 0 aliphatic heterocycles. The number of hydrogen-bond acceptors (Lipinski definition) is 5. The first-order valence-electron chi connectivity index (χ1n) is 6.83. The Balaban J connectivity index is 2.32. The molecule has 24 heavy (non-hydrogen) atoms. The van der Waals surface area contributed by atoms with Crippen LogP contribution in [0, 0.1) is 0 Å². The van der Waals surface area contributed by atoms with Crippen molar-refractivity contribution in [3.63, 3.8) is 0 Å². The van der Waals surface area contributed by atoms with Crippen molar-refractivity contribution in [1.29, 1.82) is 0 Å². The summed E-state index contributed by atoms with van der Waals surface area (Å²) in [7, 11) is -3.70. The molecule has 0 saturated carbocycles. The summed E-state index contributed by atoms with van der Waals surface area (Å²) < 4.78 is 27.9. The zero-order valence-corrected chi connectivity index (χ0v) is 15.3. The first-order valence-corrected chi connectivity index (χ1v) is 9.07. The van der Waals surface area contributed by atoms with Crippen molar-refractivity contribution in [2.45, 2.75) is 24.3 Å². The molecular formula is C14H16Cl2N4O3S. The third kappa shape index (κ3) is 4.34. The third-order valence-electron chi connectivity index (χ3n) is 2.99. The smallest absolute Gasteiger partial charge is 0.291 e. The molecule has 0 spiro atoms. The maximum absolute atomic E-state index is 12.2. The average Bonchev–Trinajstić information content (AvgIpc) is 2.51. The van der Waals surface area contributed by atoms with E-state index in [1.165, 1.54) is 30.5 Å². The Kier molecular flexibility index (Phi) is 5.36. The molecule has 0 saturated heterocycles. The Bertz CT molecular complexity index is 903. The van der Waals surface area contributed by atoms with Gasteiger partial charge >= 0.3 is 0 Å². The van der Waals surface area contributed by atoms with E-state index in [-0.39, 0.29) is 21.5 Å². The number of nitrogens with zero attached hydrogens (tertiary/aromatic N) is 2. The topological polar surface area (TPSA) is 107 Å². The second kappa shape index (κ2) is 6.81. The predicted molar refractivity (Wildman–Crippen MR) is 93.3 cm³/mol. The molecule has 1 heterocycles. The van der Waals surface area contributed by atoms with Crippen molar-refractivity contribution in [3.05, 3.63) is 50.9 Å². The van der Waals surface area contributed by atoms with Gasteiger partial charge in [-0.3, -0.25) is 4.79 Å². The lowest BCUT2D eigenvalue weighted by Crippen LogP contribution is -2.45. The second-order valence-electron chi connectivity index (χ2n) is 5.83. The molecule has 10 heteroatoms. The summed E-state index contributed by atoms with van der Waals surface area (Å²) in [6.07, 6.45) is 1.24. The van der Waals surface area contributed by atoms with Gasteiger partial charge in [0.15, 0.2) is 0 Å². The van der Waals surface area contributed by atoms with Crippen LogP contribution in [0.2, 0.25) is 10.0 Å². The van der Waals surface area contributed by atoms with Crippen molar-refractivity contribution in [2.24, 2.45) is 5.73 Å². The number of aromatic nitrogens is 2. The minimum atomic E-state index is -3.70. The SMILES string of the molecule is CC(C)(N)CNS(=O)(=O)c1ccc(-n2ncc(Cl)c(Cl)c2=O)cc1. The van der Waals surface area contributed by atoms with Crippen molar-refractivity contribution in [2.75, 3.05) is 6.54 Å². The molecule has 1 aromatic heterocycles. The van der Waals surface area contributed by atoms with E-state index in [0.717, 1.165) is 4.68 Å². The Hall–Kier alpha value is -1.45. The molecule has 7 nitrogen and oxygen atoms in total. The largest absolute Gasteiger partial charge is 0.324 e. The lowest BCUT2D eigenvalue weighted by atomic mass is 10.1. The summed E-state index contributed by atoms with van der Waals surface area (Å²) >= 11 is 11.5. The molecule has 0 radical (unpaired) electrons. The Morgan fingerprint density at radius 2 is 1.83 bits per heavy atom. The van der Waals surface area contributed by atoms with E-state index < -0.39 is 21.1 Å². The number of benzene rings is 1. The van der Waals surface area contributed by atoms with Gasteiger partial charge < -0.3 is 5.73 Å². The van der Waals surface area contributed by atoms with Crippen LogP contribution in [0.1, 0.15) is 13.8 Å². The number of hydrogen-bond donors (Lipinski definition) is 2. The first kappa shape index (κ1) is 18.9.